The quantitative estimate of drug-likeness (QED) is 0.899. The summed E-state index contributed by atoms with van der Waals surface area (Å²) in [4.78, 5) is 6.48. The molecule has 1 aromatic carbocycles. The molecule has 1 aliphatic heterocycles. The van der Waals surface area contributed by atoms with E-state index in [0.717, 1.165) is 30.0 Å². The predicted molar refractivity (Wildman–Crippen MR) is 73.9 cm³/mol. The molecule has 3 rings (SSSR count). The number of rotatable bonds is 2. The zero-order valence-corrected chi connectivity index (χ0v) is 10.8. The van der Waals surface area contributed by atoms with Gasteiger partial charge in [0.1, 0.15) is 11.6 Å². The number of pyridine rings is 1. The van der Waals surface area contributed by atoms with Crippen LogP contribution in [0, 0.1) is 5.82 Å². The van der Waals surface area contributed by atoms with Crippen LogP contribution in [0.15, 0.2) is 36.5 Å². The van der Waals surface area contributed by atoms with E-state index < -0.39 is 0 Å². The van der Waals surface area contributed by atoms with Gasteiger partial charge >= 0.3 is 0 Å². The van der Waals surface area contributed by atoms with Gasteiger partial charge < -0.3 is 10.6 Å². The molecule has 2 aromatic rings. The van der Waals surface area contributed by atoms with Crippen LogP contribution < -0.4 is 10.6 Å². The number of fused-ring (bicyclic) bond motifs is 1. The first-order chi connectivity index (χ1) is 9.15. The highest BCUT2D eigenvalue weighted by Crippen LogP contribution is 2.34. The van der Waals surface area contributed by atoms with Gasteiger partial charge in [-0.05, 0) is 42.7 Å². The van der Waals surface area contributed by atoms with Crippen LogP contribution in [0.25, 0.3) is 0 Å². The van der Waals surface area contributed by atoms with E-state index in [-0.39, 0.29) is 11.9 Å². The van der Waals surface area contributed by atoms with Crippen molar-refractivity contribution in [3.05, 3.63) is 53.5 Å². The normalized spacial score (nSPS) is 15.4. The molecule has 0 saturated carbocycles. The number of hydrogen-bond acceptors (Lipinski definition) is 3. The minimum atomic E-state index is -0.210. The van der Waals surface area contributed by atoms with Crippen molar-refractivity contribution in [2.75, 3.05) is 11.4 Å². The van der Waals surface area contributed by atoms with Crippen LogP contribution in [0.5, 0.6) is 0 Å². The van der Waals surface area contributed by atoms with E-state index in [1.165, 1.54) is 11.6 Å². The van der Waals surface area contributed by atoms with Crippen molar-refractivity contribution in [2.24, 2.45) is 5.73 Å². The zero-order valence-electron chi connectivity index (χ0n) is 10.8. The number of hydrogen-bond donors (Lipinski definition) is 1. The number of halogens is 1. The zero-order chi connectivity index (χ0) is 13.4. The molecule has 0 amide bonds. The first-order valence-electron chi connectivity index (χ1n) is 6.42. The van der Waals surface area contributed by atoms with Crippen molar-refractivity contribution in [2.45, 2.75) is 19.4 Å². The van der Waals surface area contributed by atoms with Crippen LogP contribution in [-0.2, 0) is 6.42 Å². The Morgan fingerprint density at radius 2 is 2.16 bits per heavy atom. The van der Waals surface area contributed by atoms with Crippen molar-refractivity contribution in [1.29, 1.82) is 0 Å². The molecule has 0 saturated heterocycles. The lowest BCUT2D eigenvalue weighted by atomic mass is 10.1. The van der Waals surface area contributed by atoms with Gasteiger partial charge in [0.2, 0.25) is 0 Å². The summed E-state index contributed by atoms with van der Waals surface area (Å²) >= 11 is 0. The first kappa shape index (κ1) is 12.1. The topological polar surface area (TPSA) is 42.1 Å². The summed E-state index contributed by atoms with van der Waals surface area (Å²) in [6, 6.07) is 8.83. The number of aromatic nitrogens is 1. The van der Waals surface area contributed by atoms with Gasteiger partial charge in [-0.2, -0.15) is 0 Å². The van der Waals surface area contributed by atoms with Gasteiger partial charge in [-0.1, -0.05) is 12.1 Å². The number of nitrogens with two attached hydrogens (primary N) is 1. The van der Waals surface area contributed by atoms with Gasteiger partial charge in [0, 0.05) is 24.5 Å². The second-order valence-corrected chi connectivity index (χ2v) is 4.91. The number of anilines is 2. The first-order valence-corrected chi connectivity index (χ1v) is 6.42. The molecule has 0 aliphatic carbocycles. The summed E-state index contributed by atoms with van der Waals surface area (Å²) in [5.41, 5.74) is 8.90. The maximum atomic E-state index is 13.4. The summed E-state index contributed by atoms with van der Waals surface area (Å²) in [6.07, 6.45) is 2.71. The third kappa shape index (κ3) is 2.19. The largest absolute Gasteiger partial charge is 0.326 e. The van der Waals surface area contributed by atoms with Crippen molar-refractivity contribution in [3.8, 4) is 0 Å². The van der Waals surface area contributed by atoms with Gasteiger partial charge in [-0.15, -0.1) is 0 Å². The molecule has 4 heteroatoms. The third-order valence-corrected chi connectivity index (χ3v) is 3.52. The van der Waals surface area contributed by atoms with Gasteiger partial charge in [-0.25, -0.2) is 9.37 Å². The Labute approximate surface area is 111 Å². The van der Waals surface area contributed by atoms with Crippen molar-refractivity contribution < 1.29 is 4.39 Å². The van der Waals surface area contributed by atoms with Gasteiger partial charge in [0.05, 0.1) is 0 Å². The van der Waals surface area contributed by atoms with Crippen LogP contribution in [0.4, 0.5) is 15.9 Å². The molecule has 1 aromatic heterocycles. The van der Waals surface area contributed by atoms with Crippen LogP contribution in [0.2, 0.25) is 0 Å². The number of nitrogens with zero attached hydrogens (tertiary/aromatic N) is 2. The highest BCUT2D eigenvalue weighted by Gasteiger charge is 2.21. The lowest BCUT2D eigenvalue weighted by Gasteiger charge is -2.19. The Morgan fingerprint density at radius 1 is 1.32 bits per heavy atom. The molecule has 0 unspecified atom stereocenters. The molecule has 2 heterocycles. The van der Waals surface area contributed by atoms with Crippen molar-refractivity contribution >= 4 is 11.5 Å². The van der Waals surface area contributed by atoms with Gasteiger partial charge in [-0.3, -0.25) is 0 Å². The fraction of sp³-hybridized carbons (Fsp3) is 0.267. The van der Waals surface area contributed by atoms with E-state index in [0.29, 0.717) is 0 Å². The maximum Gasteiger partial charge on any atom is 0.132 e. The van der Waals surface area contributed by atoms with Crippen LogP contribution in [0.3, 0.4) is 0 Å². The third-order valence-electron chi connectivity index (χ3n) is 3.52. The average Bonchev–Trinajstić information content (AvgIpc) is 2.81. The predicted octanol–water partition coefficient (Wildman–Crippen LogP) is 2.93. The van der Waals surface area contributed by atoms with Crippen LogP contribution in [0.1, 0.15) is 24.1 Å². The van der Waals surface area contributed by atoms with Crippen LogP contribution in [-0.4, -0.2) is 11.5 Å². The van der Waals surface area contributed by atoms with E-state index in [9.17, 15) is 4.39 Å². The molecule has 98 valence electrons. The van der Waals surface area contributed by atoms with Gasteiger partial charge in [0.25, 0.3) is 0 Å². The van der Waals surface area contributed by atoms with E-state index in [2.05, 4.69) is 4.98 Å². The minimum Gasteiger partial charge on any atom is -0.326 e. The van der Waals surface area contributed by atoms with Crippen molar-refractivity contribution in [1.82, 2.24) is 4.98 Å². The lowest BCUT2D eigenvalue weighted by Crippen LogP contribution is -2.15. The molecule has 2 N–H and O–H groups in total. The highest BCUT2D eigenvalue weighted by molar-refractivity contribution is 5.67. The van der Waals surface area contributed by atoms with Crippen molar-refractivity contribution in [3.63, 3.8) is 0 Å². The summed E-state index contributed by atoms with van der Waals surface area (Å²) < 4.78 is 13.4. The van der Waals surface area contributed by atoms with E-state index in [4.69, 9.17) is 5.73 Å². The summed E-state index contributed by atoms with van der Waals surface area (Å²) in [5, 5.41) is 0. The van der Waals surface area contributed by atoms with E-state index in [1.807, 2.05) is 30.0 Å². The summed E-state index contributed by atoms with van der Waals surface area (Å²) in [7, 11) is 0. The molecule has 0 bridgehead atoms. The fourth-order valence-corrected chi connectivity index (χ4v) is 2.42. The molecule has 0 fully saturated rings. The Bertz CT molecular complexity index is 593. The molecule has 0 radical (unpaired) electrons. The average molecular weight is 257 g/mol. The molecule has 19 heavy (non-hydrogen) atoms. The Morgan fingerprint density at radius 3 is 2.84 bits per heavy atom. The smallest absolute Gasteiger partial charge is 0.132 e. The summed E-state index contributed by atoms with van der Waals surface area (Å²) in [5.74, 6) is 0.631. The maximum absolute atomic E-state index is 13.4. The lowest BCUT2D eigenvalue weighted by molar-refractivity contribution is 0.628. The standard InChI is InChI=1S/C15H16FN3/c1-10(17)12-3-5-15(18-9-12)19-7-6-11-2-4-13(16)8-14(11)19/h2-5,8-10H,6-7,17H2,1H3/t10-/m0/s1. The second-order valence-electron chi connectivity index (χ2n) is 4.91. The number of benzene rings is 1. The molecular weight excluding hydrogens is 241 g/mol. The van der Waals surface area contributed by atoms with Gasteiger partial charge in [0.15, 0.2) is 0 Å². The molecule has 1 aliphatic rings. The Kier molecular flexibility index (Phi) is 2.95. The Balaban J connectivity index is 1.95. The molecule has 0 spiro atoms. The molecule has 3 nitrogen and oxygen atoms in total. The fourth-order valence-electron chi connectivity index (χ4n) is 2.42. The minimum absolute atomic E-state index is 0.0233. The molecular formula is C15H16FN3. The van der Waals surface area contributed by atoms with Crippen LogP contribution >= 0.6 is 0 Å². The molecule has 1 atom stereocenters. The van der Waals surface area contributed by atoms with E-state index in [1.54, 1.807) is 12.3 Å². The Hall–Kier alpha value is -1.94. The highest BCUT2D eigenvalue weighted by atomic mass is 19.1. The monoisotopic (exact) mass is 257 g/mol. The SMILES string of the molecule is C[C@H](N)c1ccc(N2CCc3ccc(F)cc32)nc1. The summed E-state index contributed by atoms with van der Waals surface area (Å²) in [6.45, 7) is 2.76. The van der Waals surface area contributed by atoms with E-state index >= 15 is 0 Å². The second kappa shape index (κ2) is 4.63.